The molecule has 3 atom stereocenters. The Morgan fingerprint density at radius 1 is 1.26 bits per heavy atom. The van der Waals surface area contributed by atoms with E-state index in [0.29, 0.717) is 5.69 Å². The summed E-state index contributed by atoms with van der Waals surface area (Å²) in [5.74, 6) is -2.19. The summed E-state index contributed by atoms with van der Waals surface area (Å²) in [5.41, 5.74) is -1.15. The highest BCUT2D eigenvalue weighted by atomic mass is 35.5. The number of carbonyl (C=O) groups is 2. The van der Waals surface area contributed by atoms with E-state index in [-0.39, 0.29) is 22.6 Å². The number of ketones is 1. The Balaban J connectivity index is 2.28. The molecule has 0 spiro atoms. The minimum atomic E-state index is -2.04. The molecule has 3 N–H and O–H groups in total. The van der Waals surface area contributed by atoms with Crippen LogP contribution in [0.25, 0.3) is 11.1 Å². The van der Waals surface area contributed by atoms with Crippen LogP contribution in [0.1, 0.15) is 55.2 Å². The van der Waals surface area contributed by atoms with Crippen molar-refractivity contribution in [1.82, 2.24) is 4.98 Å². The van der Waals surface area contributed by atoms with Crippen molar-refractivity contribution in [3.05, 3.63) is 65.2 Å². The first kappa shape index (κ1) is 24.5. The van der Waals surface area contributed by atoms with Crippen molar-refractivity contribution in [2.75, 3.05) is 0 Å². The Morgan fingerprint density at radius 3 is 2.58 bits per heavy atom. The maximum atomic E-state index is 13.0. The van der Waals surface area contributed by atoms with E-state index < -0.39 is 41.7 Å². The van der Waals surface area contributed by atoms with Gasteiger partial charge in [0.15, 0.2) is 5.76 Å². The average molecular weight is 448 g/mol. The molecular formula is C23H26ClNO6. The van der Waals surface area contributed by atoms with E-state index in [1.807, 2.05) is 31.2 Å². The van der Waals surface area contributed by atoms with Gasteiger partial charge in [0.1, 0.15) is 0 Å². The lowest BCUT2D eigenvalue weighted by atomic mass is 9.84. The Labute approximate surface area is 186 Å². The second kappa shape index (κ2) is 10.5. The van der Waals surface area contributed by atoms with E-state index in [2.05, 4.69) is 4.98 Å². The van der Waals surface area contributed by atoms with Gasteiger partial charge in [0.05, 0.1) is 29.4 Å². The molecule has 7 nitrogen and oxygen atoms in total. The number of hydrogen-bond donors (Lipinski definition) is 3. The Morgan fingerprint density at radius 2 is 1.94 bits per heavy atom. The zero-order valence-corrected chi connectivity index (χ0v) is 18.3. The smallest absolute Gasteiger partial charge is 0.309 e. The van der Waals surface area contributed by atoms with E-state index in [4.69, 9.17) is 16.3 Å². The summed E-state index contributed by atoms with van der Waals surface area (Å²) >= 11 is 6.31. The van der Waals surface area contributed by atoms with Gasteiger partial charge in [-0.25, -0.2) is 0 Å². The number of esters is 1. The molecule has 0 saturated carbocycles. The van der Waals surface area contributed by atoms with Crippen molar-refractivity contribution >= 4 is 34.5 Å². The zero-order chi connectivity index (χ0) is 23.2. The van der Waals surface area contributed by atoms with E-state index >= 15 is 0 Å². The number of aliphatic hydroxyl groups excluding tert-OH is 3. The summed E-state index contributed by atoms with van der Waals surface area (Å²) in [6, 6.07) is 1.56. The van der Waals surface area contributed by atoms with Crippen molar-refractivity contribution in [2.24, 2.45) is 0 Å². The number of nitrogens with zero attached hydrogens (tertiary/aromatic N) is 1. The fourth-order valence-corrected chi connectivity index (χ4v) is 3.39. The number of hydrogen-bond acceptors (Lipinski definition) is 7. The molecule has 0 fully saturated rings. The number of aliphatic hydroxyl groups is 3. The molecule has 166 valence electrons. The summed E-state index contributed by atoms with van der Waals surface area (Å²) in [6.45, 7) is 4.61. The third kappa shape index (κ3) is 5.91. The van der Waals surface area contributed by atoms with Crippen LogP contribution in [0.2, 0.25) is 0 Å². The highest BCUT2D eigenvalue weighted by molar-refractivity contribution is 6.51. The quantitative estimate of drug-likeness (QED) is 0.410. The van der Waals surface area contributed by atoms with Gasteiger partial charge >= 0.3 is 5.97 Å². The molecule has 0 bridgehead atoms. The molecule has 0 radical (unpaired) electrons. The zero-order valence-electron chi connectivity index (χ0n) is 17.6. The standard InChI is InChI=1S/C23H26ClNO6/c1-4-5-6-7-8-9-15-11-17-18(13-25-15)21(29)23(3,22(30)20(17)24)31-19(28)12-16(27)10-14(2)26/h4-9,11,13-14,16,26-27,30H,10,12H2,1-3H3/b5-4+,7-6+,9-8+. The van der Waals surface area contributed by atoms with Crippen molar-refractivity contribution in [3.8, 4) is 0 Å². The van der Waals surface area contributed by atoms with Crippen LogP contribution >= 0.6 is 11.6 Å². The summed E-state index contributed by atoms with van der Waals surface area (Å²) in [6.07, 6.45) is 9.76. The average Bonchev–Trinajstić information content (AvgIpc) is 2.70. The van der Waals surface area contributed by atoms with Gasteiger partial charge < -0.3 is 20.1 Å². The number of ether oxygens (including phenoxy) is 1. The molecule has 0 saturated heterocycles. The highest BCUT2D eigenvalue weighted by Gasteiger charge is 2.48. The molecular weight excluding hydrogens is 422 g/mol. The lowest BCUT2D eigenvalue weighted by Gasteiger charge is -2.32. The van der Waals surface area contributed by atoms with Crippen LogP contribution in [0.3, 0.4) is 0 Å². The summed E-state index contributed by atoms with van der Waals surface area (Å²) < 4.78 is 5.24. The summed E-state index contributed by atoms with van der Waals surface area (Å²) in [7, 11) is 0. The number of fused-ring (bicyclic) bond motifs is 1. The van der Waals surface area contributed by atoms with Crippen LogP contribution in [0.5, 0.6) is 0 Å². The fourth-order valence-electron chi connectivity index (χ4n) is 3.05. The van der Waals surface area contributed by atoms with Crippen molar-refractivity contribution in [1.29, 1.82) is 0 Å². The van der Waals surface area contributed by atoms with Crippen LogP contribution < -0.4 is 0 Å². The molecule has 0 amide bonds. The van der Waals surface area contributed by atoms with Gasteiger partial charge in [0, 0.05) is 17.3 Å². The first-order chi connectivity index (χ1) is 14.6. The van der Waals surface area contributed by atoms with Crippen LogP contribution in [0.15, 0.2) is 48.4 Å². The number of rotatable bonds is 8. The van der Waals surface area contributed by atoms with E-state index in [1.165, 1.54) is 20.0 Å². The molecule has 1 aromatic heterocycles. The second-order valence-electron chi connectivity index (χ2n) is 7.37. The molecule has 8 heteroatoms. The molecule has 3 unspecified atom stereocenters. The van der Waals surface area contributed by atoms with Crippen LogP contribution in [0.4, 0.5) is 0 Å². The Hall–Kier alpha value is -2.74. The van der Waals surface area contributed by atoms with Crippen molar-refractivity contribution < 1.29 is 29.6 Å². The predicted molar refractivity (Wildman–Crippen MR) is 118 cm³/mol. The number of aromatic nitrogens is 1. The molecule has 1 aliphatic rings. The second-order valence-corrected chi connectivity index (χ2v) is 7.74. The molecule has 0 aliphatic heterocycles. The summed E-state index contributed by atoms with van der Waals surface area (Å²) in [5, 5.41) is 29.6. The van der Waals surface area contributed by atoms with E-state index in [0.717, 1.165) is 0 Å². The topological polar surface area (TPSA) is 117 Å². The van der Waals surface area contributed by atoms with Crippen LogP contribution in [0, 0.1) is 0 Å². The third-order valence-electron chi connectivity index (χ3n) is 4.63. The number of Topliss-reactive ketones (excluding diaryl/α,β-unsaturated/α-hetero) is 1. The van der Waals surface area contributed by atoms with Gasteiger partial charge in [-0.05, 0) is 39.3 Å². The lowest BCUT2D eigenvalue weighted by molar-refractivity contribution is -0.155. The minimum Gasteiger partial charge on any atom is -0.506 e. The first-order valence-corrected chi connectivity index (χ1v) is 10.2. The van der Waals surface area contributed by atoms with Crippen LogP contribution in [-0.2, 0) is 9.53 Å². The lowest BCUT2D eigenvalue weighted by Crippen LogP contribution is -2.45. The molecule has 1 aromatic rings. The molecule has 2 rings (SSSR count). The van der Waals surface area contributed by atoms with Gasteiger partial charge in [-0.2, -0.15) is 0 Å². The number of carbonyl (C=O) groups excluding carboxylic acids is 2. The first-order valence-electron chi connectivity index (χ1n) is 9.78. The van der Waals surface area contributed by atoms with Crippen LogP contribution in [-0.4, -0.2) is 49.9 Å². The molecule has 1 heterocycles. The van der Waals surface area contributed by atoms with E-state index in [1.54, 1.807) is 18.2 Å². The number of pyridine rings is 1. The molecule has 31 heavy (non-hydrogen) atoms. The van der Waals surface area contributed by atoms with Gasteiger partial charge in [-0.3, -0.25) is 14.6 Å². The Kier molecular flexibility index (Phi) is 8.33. The normalized spacial score (nSPS) is 21.2. The third-order valence-corrected chi connectivity index (χ3v) is 5.01. The number of allylic oxidation sites excluding steroid dienone is 5. The Bertz CT molecular complexity index is 963. The SMILES string of the molecule is C/C=C/C=C/C=C/c1cc2c(cn1)C(=O)C(C)(OC(=O)CC(O)CC(C)O)C(O)=C2Cl. The maximum Gasteiger partial charge on any atom is 0.309 e. The molecule has 0 aromatic carbocycles. The largest absolute Gasteiger partial charge is 0.506 e. The van der Waals surface area contributed by atoms with Gasteiger partial charge in [-0.15, -0.1) is 0 Å². The predicted octanol–water partition coefficient (Wildman–Crippen LogP) is 3.71. The van der Waals surface area contributed by atoms with E-state index in [9.17, 15) is 24.9 Å². The maximum absolute atomic E-state index is 13.0. The van der Waals surface area contributed by atoms with Gasteiger partial charge in [0.25, 0.3) is 0 Å². The van der Waals surface area contributed by atoms with Gasteiger partial charge in [-0.1, -0.05) is 42.0 Å². The summed E-state index contributed by atoms with van der Waals surface area (Å²) in [4.78, 5) is 29.5. The highest BCUT2D eigenvalue weighted by Crippen LogP contribution is 2.40. The van der Waals surface area contributed by atoms with Crippen molar-refractivity contribution in [2.45, 2.75) is 51.4 Å². The minimum absolute atomic E-state index is 0.0324. The van der Waals surface area contributed by atoms with Crippen molar-refractivity contribution in [3.63, 3.8) is 0 Å². The molecule has 1 aliphatic carbocycles. The monoisotopic (exact) mass is 447 g/mol. The van der Waals surface area contributed by atoms with Gasteiger partial charge in [0.2, 0.25) is 11.4 Å². The fraction of sp³-hybridized carbons (Fsp3) is 0.348. The number of halogens is 1.